The Morgan fingerprint density at radius 2 is 2.33 bits per heavy atom. The number of aromatic nitrogens is 1. The standard InChI is InChI=1S/C9H12ClNO/c1-3-12-9-4-5-11-8(6-10)7(9)2/h4-5H,3,6H2,1-2H3. The van der Waals surface area contributed by atoms with Crippen LogP contribution >= 0.6 is 11.6 Å². The van der Waals surface area contributed by atoms with Gasteiger partial charge in [-0.1, -0.05) is 0 Å². The van der Waals surface area contributed by atoms with Gasteiger partial charge in [0.2, 0.25) is 0 Å². The number of hydrogen-bond acceptors (Lipinski definition) is 2. The Balaban J connectivity index is 2.97. The van der Waals surface area contributed by atoms with Gasteiger partial charge in [0.05, 0.1) is 18.2 Å². The molecule has 0 amide bonds. The molecule has 0 aliphatic carbocycles. The number of pyridine rings is 1. The summed E-state index contributed by atoms with van der Waals surface area (Å²) in [4.78, 5) is 4.13. The van der Waals surface area contributed by atoms with Gasteiger partial charge in [-0.2, -0.15) is 0 Å². The number of rotatable bonds is 3. The van der Waals surface area contributed by atoms with Crippen molar-refractivity contribution in [1.82, 2.24) is 4.98 Å². The molecule has 0 aliphatic rings. The van der Waals surface area contributed by atoms with E-state index < -0.39 is 0 Å². The first kappa shape index (κ1) is 9.33. The molecule has 0 bridgehead atoms. The topological polar surface area (TPSA) is 22.1 Å². The zero-order valence-electron chi connectivity index (χ0n) is 7.30. The highest BCUT2D eigenvalue weighted by Crippen LogP contribution is 2.20. The Morgan fingerprint density at radius 1 is 1.58 bits per heavy atom. The maximum Gasteiger partial charge on any atom is 0.125 e. The second-order valence-corrected chi connectivity index (χ2v) is 2.71. The predicted octanol–water partition coefficient (Wildman–Crippen LogP) is 2.53. The number of alkyl halides is 1. The summed E-state index contributed by atoms with van der Waals surface area (Å²) in [6.07, 6.45) is 1.72. The van der Waals surface area contributed by atoms with Crippen LogP contribution in [0.2, 0.25) is 0 Å². The zero-order valence-corrected chi connectivity index (χ0v) is 8.06. The zero-order chi connectivity index (χ0) is 8.97. The van der Waals surface area contributed by atoms with E-state index in [1.165, 1.54) is 0 Å². The van der Waals surface area contributed by atoms with Crippen molar-refractivity contribution in [3.05, 3.63) is 23.5 Å². The largest absolute Gasteiger partial charge is 0.493 e. The summed E-state index contributed by atoms with van der Waals surface area (Å²) in [5, 5.41) is 0. The first-order valence-corrected chi connectivity index (χ1v) is 4.46. The highest BCUT2D eigenvalue weighted by atomic mass is 35.5. The minimum Gasteiger partial charge on any atom is -0.493 e. The van der Waals surface area contributed by atoms with Crippen LogP contribution in [-0.2, 0) is 5.88 Å². The highest BCUT2D eigenvalue weighted by Gasteiger charge is 2.03. The van der Waals surface area contributed by atoms with Crippen LogP contribution in [0.3, 0.4) is 0 Å². The van der Waals surface area contributed by atoms with Crippen molar-refractivity contribution >= 4 is 11.6 Å². The second kappa shape index (κ2) is 4.31. The van der Waals surface area contributed by atoms with Crippen molar-refractivity contribution in [3.8, 4) is 5.75 Å². The van der Waals surface area contributed by atoms with E-state index in [0.717, 1.165) is 17.0 Å². The predicted molar refractivity (Wildman–Crippen MR) is 49.7 cm³/mol. The van der Waals surface area contributed by atoms with Gasteiger partial charge in [-0.15, -0.1) is 11.6 Å². The molecule has 0 spiro atoms. The number of hydrogen-bond donors (Lipinski definition) is 0. The molecule has 0 saturated carbocycles. The van der Waals surface area contributed by atoms with Crippen LogP contribution in [-0.4, -0.2) is 11.6 Å². The molecule has 1 aromatic heterocycles. The van der Waals surface area contributed by atoms with Crippen molar-refractivity contribution in [2.75, 3.05) is 6.61 Å². The van der Waals surface area contributed by atoms with Crippen LogP contribution < -0.4 is 4.74 Å². The quantitative estimate of drug-likeness (QED) is 0.676. The number of nitrogens with zero attached hydrogens (tertiary/aromatic N) is 1. The number of ether oxygens (including phenoxy) is 1. The number of halogens is 1. The fourth-order valence-corrected chi connectivity index (χ4v) is 1.28. The molecule has 0 saturated heterocycles. The summed E-state index contributed by atoms with van der Waals surface area (Å²) in [5.74, 6) is 1.32. The average molecular weight is 186 g/mol. The first-order chi connectivity index (χ1) is 5.79. The molecule has 0 fully saturated rings. The monoisotopic (exact) mass is 185 g/mol. The molecular weight excluding hydrogens is 174 g/mol. The van der Waals surface area contributed by atoms with Crippen LogP contribution in [0.1, 0.15) is 18.2 Å². The van der Waals surface area contributed by atoms with E-state index in [1.807, 2.05) is 19.9 Å². The van der Waals surface area contributed by atoms with E-state index in [0.29, 0.717) is 12.5 Å². The Labute approximate surface area is 77.5 Å². The summed E-state index contributed by atoms with van der Waals surface area (Å²) in [5.41, 5.74) is 1.93. The Bertz CT molecular complexity index is 263. The first-order valence-electron chi connectivity index (χ1n) is 3.92. The SMILES string of the molecule is CCOc1ccnc(CCl)c1C. The third kappa shape index (κ3) is 1.89. The lowest BCUT2D eigenvalue weighted by molar-refractivity contribution is 0.337. The van der Waals surface area contributed by atoms with Gasteiger partial charge in [0.1, 0.15) is 5.75 Å². The summed E-state index contributed by atoms with van der Waals surface area (Å²) in [7, 11) is 0. The van der Waals surface area contributed by atoms with Crippen molar-refractivity contribution in [1.29, 1.82) is 0 Å². The van der Waals surface area contributed by atoms with Gasteiger partial charge in [-0.05, 0) is 19.9 Å². The summed E-state index contributed by atoms with van der Waals surface area (Å²) < 4.78 is 5.38. The second-order valence-electron chi connectivity index (χ2n) is 2.45. The van der Waals surface area contributed by atoms with Gasteiger partial charge in [-0.25, -0.2) is 0 Å². The normalized spacial score (nSPS) is 9.92. The van der Waals surface area contributed by atoms with Gasteiger partial charge < -0.3 is 4.74 Å². The fourth-order valence-electron chi connectivity index (χ4n) is 1.01. The summed E-state index contributed by atoms with van der Waals surface area (Å²) >= 11 is 5.69. The van der Waals surface area contributed by atoms with E-state index in [9.17, 15) is 0 Å². The van der Waals surface area contributed by atoms with E-state index in [4.69, 9.17) is 16.3 Å². The average Bonchev–Trinajstić information content (AvgIpc) is 2.09. The lowest BCUT2D eigenvalue weighted by Gasteiger charge is -2.08. The van der Waals surface area contributed by atoms with Crippen LogP contribution in [0.4, 0.5) is 0 Å². The molecule has 0 radical (unpaired) electrons. The molecule has 2 nitrogen and oxygen atoms in total. The molecule has 0 N–H and O–H groups in total. The Morgan fingerprint density at radius 3 is 2.92 bits per heavy atom. The third-order valence-electron chi connectivity index (χ3n) is 1.69. The molecule has 66 valence electrons. The fraction of sp³-hybridized carbons (Fsp3) is 0.444. The lowest BCUT2D eigenvalue weighted by atomic mass is 10.2. The molecule has 0 atom stereocenters. The minimum absolute atomic E-state index is 0.437. The minimum atomic E-state index is 0.437. The maximum absolute atomic E-state index is 5.69. The molecule has 0 aromatic carbocycles. The molecule has 1 rings (SSSR count). The summed E-state index contributed by atoms with van der Waals surface area (Å²) in [6.45, 7) is 4.60. The maximum atomic E-state index is 5.69. The van der Waals surface area contributed by atoms with Crippen LogP contribution in [0, 0.1) is 6.92 Å². The van der Waals surface area contributed by atoms with Crippen molar-refractivity contribution in [2.24, 2.45) is 0 Å². The van der Waals surface area contributed by atoms with Crippen LogP contribution in [0.5, 0.6) is 5.75 Å². The van der Waals surface area contributed by atoms with Gasteiger partial charge >= 0.3 is 0 Å². The molecular formula is C9H12ClNO. The third-order valence-corrected chi connectivity index (χ3v) is 1.94. The van der Waals surface area contributed by atoms with E-state index in [2.05, 4.69) is 4.98 Å². The van der Waals surface area contributed by atoms with Crippen LogP contribution in [0.15, 0.2) is 12.3 Å². The Hall–Kier alpha value is -0.760. The van der Waals surface area contributed by atoms with Crippen molar-refractivity contribution in [2.45, 2.75) is 19.7 Å². The van der Waals surface area contributed by atoms with Gasteiger partial charge in [0.25, 0.3) is 0 Å². The molecule has 1 heterocycles. The smallest absolute Gasteiger partial charge is 0.125 e. The molecule has 0 unspecified atom stereocenters. The van der Waals surface area contributed by atoms with E-state index >= 15 is 0 Å². The molecule has 3 heteroatoms. The lowest BCUT2D eigenvalue weighted by Crippen LogP contribution is -1.98. The van der Waals surface area contributed by atoms with E-state index in [1.54, 1.807) is 6.20 Å². The summed E-state index contributed by atoms with van der Waals surface area (Å²) in [6, 6.07) is 1.86. The van der Waals surface area contributed by atoms with Gasteiger partial charge in [0, 0.05) is 11.8 Å². The van der Waals surface area contributed by atoms with Crippen LogP contribution in [0.25, 0.3) is 0 Å². The van der Waals surface area contributed by atoms with Gasteiger partial charge in [0.15, 0.2) is 0 Å². The van der Waals surface area contributed by atoms with Crippen molar-refractivity contribution < 1.29 is 4.74 Å². The highest BCUT2D eigenvalue weighted by molar-refractivity contribution is 6.17. The van der Waals surface area contributed by atoms with Gasteiger partial charge in [-0.3, -0.25) is 4.98 Å². The molecule has 12 heavy (non-hydrogen) atoms. The van der Waals surface area contributed by atoms with E-state index in [-0.39, 0.29) is 0 Å². The Kier molecular flexibility index (Phi) is 3.35. The molecule has 0 aliphatic heterocycles. The van der Waals surface area contributed by atoms with Crippen molar-refractivity contribution in [3.63, 3.8) is 0 Å². The molecule has 1 aromatic rings.